The zero-order chi connectivity index (χ0) is 25.5. The van der Waals surface area contributed by atoms with Gasteiger partial charge in [-0.25, -0.2) is 0 Å². The fourth-order valence-corrected chi connectivity index (χ4v) is 5.87. The lowest BCUT2D eigenvalue weighted by atomic mass is 9.96. The van der Waals surface area contributed by atoms with Gasteiger partial charge in [-0.2, -0.15) is 0 Å². The summed E-state index contributed by atoms with van der Waals surface area (Å²) in [5.74, 6) is 1.05. The molecular weight excluding hydrogens is 518 g/mol. The van der Waals surface area contributed by atoms with E-state index < -0.39 is 0 Å². The molecule has 0 atom stereocenters. The maximum Gasteiger partial charge on any atom is 0.269 e. The highest BCUT2D eigenvalue weighted by atomic mass is 79.9. The lowest BCUT2D eigenvalue weighted by molar-refractivity contribution is 0.0774. The summed E-state index contributed by atoms with van der Waals surface area (Å²) in [7, 11) is 2.23. The molecule has 1 amide bonds. The van der Waals surface area contributed by atoms with Crippen molar-refractivity contribution in [1.82, 2.24) is 25.1 Å². The first-order valence-electron chi connectivity index (χ1n) is 13.4. The summed E-state index contributed by atoms with van der Waals surface area (Å²) in [5.41, 5.74) is 11.1. The molecule has 36 heavy (non-hydrogen) atoms. The van der Waals surface area contributed by atoms with E-state index >= 15 is 0 Å². The molecule has 3 fully saturated rings. The predicted molar refractivity (Wildman–Crippen MR) is 149 cm³/mol. The van der Waals surface area contributed by atoms with Crippen LogP contribution in [-0.2, 0) is 6.54 Å². The summed E-state index contributed by atoms with van der Waals surface area (Å²) in [4.78, 5) is 20.8. The van der Waals surface area contributed by atoms with E-state index in [1.54, 1.807) is 5.01 Å². The summed E-state index contributed by atoms with van der Waals surface area (Å²) < 4.78 is 0.471. The van der Waals surface area contributed by atoms with Crippen molar-refractivity contribution in [3.8, 4) is 0 Å². The number of rotatable bonds is 9. The first-order chi connectivity index (χ1) is 17.4. The van der Waals surface area contributed by atoms with Gasteiger partial charge in [0.2, 0.25) is 0 Å². The van der Waals surface area contributed by atoms with E-state index in [2.05, 4.69) is 49.2 Å². The quantitative estimate of drug-likeness (QED) is 0.318. The highest BCUT2D eigenvalue weighted by Crippen LogP contribution is 2.26. The lowest BCUT2D eigenvalue weighted by Crippen LogP contribution is -2.49. The zero-order valence-corrected chi connectivity index (χ0v) is 23.2. The number of piperidine rings is 1. The molecule has 8 nitrogen and oxygen atoms in total. The van der Waals surface area contributed by atoms with E-state index in [4.69, 9.17) is 11.1 Å². The monoisotopic (exact) mass is 559 g/mol. The number of amides is 1. The topological polar surface area (TPSA) is 91.9 Å². The number of carbonyl (C=O) groups is 1. The normalized spacial score (nSPS) is 21.8. The second-order valence-corrected chi connectivity index (χ2v) is 11.5. The van der Waals surface area contributed by atoms with Gasteiger partial charge in [0, 0.05) is 51.0 Å². The average molecular weight is 561 g/mol. The Morgan fingerprint density at radius 3 is 2.44 bits per heavy atom. The smallest absolute Gasteiger partial charge is 0.269 e. The summed E-state index contributed by atoms with van der Waals surface area (Å²) in [6.45, 7) is 8.94. The number of allylic oxidation sites excluding steroid dienone is 1. The van der Waals surface area contributed by atoms with Crippen LogP contribution in [0.4, 0.5) is 0 Å². The van der Waals surface area contributed by atoms with Gasteiger partial charge in [0.1, 0.15) is 5.82 Å². The van der Waals surface area contributed by atoms with Gasteiger partial charge in [0.15, 0.2) is 0 Å². The maximum absolute atomic E-state index is 13.2. The largest absolute Gasteiger partial charge is 0.383 e. The molecule has 198 valence electrons. The number of nitrogens with one attached hydrogen (secondary N) is 2. The molecule has 2 aliphatic heterocycles. The number of nitrogens with zero attached hydrogens (tertiary/aromatic N) is 4. The summed E-state index contributed by atoms with van der Waals surface area (Å²) in [6, 6.07) is 8.08. The summed E-state index contributed by atoms with van der Waals surface area (Å²) >= 11 is 3.34. The van der Waals surface area contributed by atoms with E-state index in [1.165, 1.54) is 32.5 Å². The van der Waals surface area contributed by atoms with Gasteiger partial charge < -0.3 is 20.9 Å². The second-order valence-electron chi connectivity index (χ2n) is 10.7. The third kappa shape index (κ3) is 7.31. The number of nitrogens with two attached hydrogens (primary N) is 1. The van der Waals surface area contributed by atoms with Crippen LogP contribution in [0.1, 0.15) is 54.4 Å². The first-order valence-corrected chi connectivity index (χ1v) is 14.2. The highest BCUT2D eigenvalue weighted by molar-refractivity contribution is 9.12. The molecule has 0 unspecified atom stereocenters. The molecule has 4 rings (SSSR count). The van der Waals surface area contributed by atoms with Gasteiger partial charge in [0.05, 0.1) is 10.5 Å². The van der Waals surface area contributed by atoms with Crippen LogP contribution in [0, 0.1) is 11.3 Å². The molecule has 0 bridgehead atoms. The van der Waals surface area contributed by atoms with Crippen LogP contribution in [-0.4, -0.2) is 90.7 Å². The summed E-state index contributed by atoms with van der Waals surface area (Å²) in [5, 5.41) is 9.28. The van der Waals surface area contributed by atoms with Crippen LogP contribution >= 0.6 is 15.9 Å². The Morgan fingerprint density at radius 1 is 1.11 bits per heavy atom. The van der Waals surface area contributed by atoms with Crippen molar-refractivity contribution < 1.29 is 4.79 Å². The van der Waals surface area contributed by atoms with Gasteiger partial charge in [-0.05, 0) is 85.4 Å². The van der Waals surface area contributed by atoms with Crippen LogP contribution in [0.25, 0.3) is 0 Å². The van der Waals surface area contributed by atoms with Crippen LogP contribution in [0.2, 0.25) is 0 Å². The van der Waals surface area contributed by atoms with Gasteiger partial charge in [-0.3, -0.25) is 20.1 Å². The zero-order valence-electron chi connectivity index (χ0n) is 21.6. The van der Waals surface area contributed by atoms with Crippen molar-refractivity contribution >= 4 is 28.1 Å². The van der Waals surface area contributed by atoms with Crippen LogP contribution in [0.5, 0.6) is 0 Å². The van der Waals surface area contributed by atoms with E-state index in [0.29, 0.717) is 15.9 Å². The van der Waals surface area contributed by atoms with E-state index in [-0.39, 0.29) is 11.9 Å². The molecule has 0 aromatic heterocycles. The number of piperazine rings is 1. The number of likely N-dealkylation sites (tertiary alicyclic amines) is 1. The number of carbonyl (C=O) groups excluding carboxylic acids is 1. The van der Waals surface area contributed by atoms with Gasteiger partial charge in [0.25, 0.3) is 5.91 Å². The fraction of sp³-hybridized carbons (Fsp3) is 0.630. The number of hydrogen-bond acceptors (Lipinski definition) is 7. The molecule has 1 aromatic rings. The minimum Gasteiger partial charge on any atom is -0.383 e. The van der Waals surface area contributed by atoms with Gasteiger partial charge in [-0.15, -0.1) is 0 Å². The van der Waals surface area contributed by atoms with Crippen molar-refractivity contribution in [2.75, 3.05) is 52.9 Å². The van der Waals surface area contributed by atoms with Crippen molar-refractivity contribution in [3.05, 3.63) is 45.7 Å². The minimum atomic E-state index is -0.167. The Kier molecular flexibility index (Phi) is 9.81. The molecule has 0 spiro atoms. The minimum absolute atomic E-state index is 0.149. The van der Waals surface area contributed by atoms with E-state index in [1.807, 2.05) is 18.2 Å². The number of benzene rings is 1. The molecule has 4 N–H and O–H groups in total. The van der Waals surface area contributed by atoms with Crippen LogP contribution in [0.3, 0.4) is 0 Å². The summed E-state index contributed by atoms with van der Waals surface area (Å²) in [6.07, 6.45) is 8.00. The molecule has 2 saturated heterocycles. The standard InChI is InChI=1S/C27H42BrN7O/c1-32-11-9-21(10-12-32)19-33-13-15-34(16-14-33)20-22-5-4-6-23(17-22)27(36)31-35(24-7-2-3-8-24)26(30)25(28)18-29/h4-6,17-18,21,24,29H,2-3,7-16,19-20,30H2,1H3,(H,31,36)/b26-25-,29-18?. The first kappa shape index (κ1) is 27.1. The van der Waals surface area contributed by atoms with E-state index in [9.17, 15) is 4.79 Å². The lowest BCUT2D eigenvalue weighted by Gasteiger charge is -2.38. The van der Waals surface area contributed by atoms with E-state index in [0.717, 1.165) is 76.1 Å². The third-order valence-corrected chi connectivity index (χ3v) is 8.59. The maximum atomic E-state index is 13.2. The Morgan fingerprint density at radius 2 is 1.78 bits per heavy atom. The van der Waals surface area contributed by atoms with Crippen molar-refractivity contribution in [2.45, 2.75) is 51.1 Å². The van der Waals surface area contributed by atoms with Crippen molar-refractivity contribution in [3.63, 3.8) is 0 Å². The fourth-order valence-electron chi connectivity index (χ4n) is 5.68. The SMILES string of the molecule is CN1CCC(CN2CCN(Cc3cccc(C(=O)NN(/C(N)=C(\Br)C=N)C4CCCC4)c3)CC2)CC1. The Labute approximate surface area is 224 Å². The predicted octanol–water partition coefficient (Wildman–Crippen LogP) is 3.21. The highest BCUT2D eigenvalue weighted by Gasteiger charge is 2.27. The number of hydrogen-bond donors (Lipinski definition) is 3. The molecule has 1 aliphatic carbocycles. The van der Waals surface area contributed by atoms with Gasteiger partial charge >= 0.3 is 0 Å². The van der Waals surface area contributed by atoms with Crippen molar-refractivity contribution in [2.24, 2.45) is 11.7 Å². The number of hydrazine groups is 1. The molecule has 1 aromatic carbocycles. The Bertz CT molecular complexity index is 916. The molecule has 3 aliphatic rings. The van der Waals surface area contributed by atoms with Crippen LogP contribution < -0.4 is 11.2 Å². The molecule has 2 heterocycles. The Hall–Kier alpha value is -1.94. The molecule has 0 radical (unpaired) electrons. The Balaban J connectivity index is 1.31. The third-order valence-electron chi connectivity index (χ3n) is 7.96. The second kappa shape index (κ2) is 13.0. The van der Waals surface area contributed by atoms with Crippen molar-refractivity contribution in [1.29, 1.82) is 5.41 Å². The molecular formula is C27H42BrN7O. The van der Waals surface area contributed by atoms with Gasteiger partial charge in [-0.1, -0.05) is 25.0 Å². The molecule has 9 heteroatoms. The molecule has 1 saturated carbocycles. The van der Waals surface area contributed by atoms with Crippen LogP contribution in [0.15, 0.2) is 34.6 Å². The number of halogens is 1. The average Bonchev–Trinajstić information content (AvgIpc) is 3.43.